The number of aromatic nitrogens is 2. The predicted molar refractivity (Wildman–Crippen MR) is 78.7 cm³/mol. The van der Waals surface area contributed by atoms with Crippen LogP contribution in [-0.2, 0) is 9.59 Å². The predicted octanol–water partition coefficient (Wildman–Crippen LogP) is 0.838. The van der Waals surface area contributed by atoms with Crippen LogP contribution in [0, 0.1) is 5.92 Å². The summed E-state index contributed by atoms with van der Waals surface area (Å²) in [5.41, 5.74) is 1.64. The molecule has 1 saturated heterocycles. The maximum absolute atomic E-state index is 12.0. The molecule has 3 rings (SSSR count). The molecule has 2 aliphatic rings. The van der Waals surface area contributed by atoms with Gasteiger partial charge in [-0.05, 0) is 6.92 Å². The van der Waals surface area contributed by atoms with Gasteiger partial charge in [0.1, 0.15) is 16.6 Å². The minimum Gasteiger partial charge on any atom is -0.477 e. The number of carbonyl (C=O) groups excluding carboxylic acids is 1. The number of aliphatic carboxylic acids is 1. The van der Waals surface area contributed by atoms with Crippen molar-refractivity contribution in [2.75, 3.05) is 5.75 Å². The van der Waals surface area contributed by atoms with Crippen molar-refractivity contribution in [1.82, 2.24) is 15.1 Å². The Bertz CT molecular complexity index is 616. The SMILES string of the molecule is C[C@@H](O)C1C(=O)N2C(C(=O)O)=C(CSc3nncs3)S[C@H]12. The number of carbonyl (C=O) groups is 2. The van der Waals surface area contributed by atoms with Gasteiger partial charge in [0.15, 0.2) is 4.34 Å². The van der Waals surface area contributed by atoms with Gasteiger partial charge in [0, 0.05) is 10.7 Å². The number of hydrogen-bond donors (Lipinski definition) is 2. The maximum Gasteiger partial charge on any atom is 0.353 e. The van der Waals surface area contributed by atoms with E-state index >= 15 is 0 Å². The lowest BCUT2D eigenvalue weighted by Crippen LogP contribution is -2.60. The normalized spacial score (nSPS) is 25.8. The summed E-state index contributed by atoms with van der Waals surface area (Å²) in [6.07, 6.45) is -0.781. The van der Waals surface area contributed by atoms with Crippen LogP contribution in [0.4, 0.5) is 0 Å². The second kappa shape index (κ2) is 5.59. The average Bonchev–Trinajstić information content (AvgIpc) is 3.01. The first-order valence-corrected chi connectivity index (χ1v) is 8.78. The van der Waals surface area contributed by atoms with Crippen molar-refractivity contribution in [3.8, 4) is 0 Å². The molecule has 0 saturated carbocycles. The fourth-order valence-corrected chi connectivity index (χ4v) is 5.50. The number of rotatable bonds is 5. The fourth-order valence-electron chi connectivity index (χ4n) is 2.31. The van der Waals surface area contributed by atoms with E-state index < -0.39 is 18.0 Å². The molecule has 3 heterocycles. The number of fused-ring (bicyclic) bond motifs is 1. The van der Waals surface area contributed by atoms with Gasteiger partial charge in [0.2, 0.25) is 5.91 Å². The number of β-lactam (4-membered cyclic amide) rings is 1. The van der Waals surface area contributed by atoms with Gasteiger partial charge >= 0.3 is 5.97 Å². The van der Waals surface area contributed by atoms with Crippen LogP contribution in [-0.4, -0.2) is 54.4 Å². The van der Waals surface area contributed by atoms with E-state index in [1.807, 2.05) is 0 Å². The molecule has 21 heavy (non-hydrogen) atoms. The van der Waals surface area contributed by atoms with E-state index in [2.05, 4.69) is 10.2 Å². The van der Waals surface area contributed by atoms with E-state index in [4.69, 9.17) is 0 Å². The van der Waals surface area contributed by atoms with Gasteiger partial charge in [-0.2, -0.15) is 0 Å². The first kappa shape index (κ1) is 14.8. The summed E-state index contributed by atoms with van der Waals surface area (Å²) in [7, 11) is 0. The summed E-state index contributed by atoms with van der Waals surface area (Å²) >= 11 is 4.11. The monoisotopic (exact) mass is 345 g/mol. The Morgan fingerprint density at radius 1 is 1.62 bits per heavy atom. The minimum absolute atomic E-state index is 0.0314. The molecule has 2 aliphatic heterocycles. The topological polar surface area (TPSA) is 104 Å². The van der Waals surface area contributed by atoms with E-state index in [1.54, 1.807) is 12.4 Å². The van der Waals surface area contributed by atoms with Crippen molar-refractivity contribution in [2.45, 2.75) is 22.7 Å². The zero-order valence-electron chi connectivity index (χ0n) is 10.8. The molecule has 1 fully saturated rings. The van der Waals surface area contributed by atoms with Crippen LogP contribution >= 0.6 is 34.9 Å². The summed E-state index contributed by atoms with van der Waals surface area (Å²) in [5, 5.41) is 26.3. The van der Waals surface area contributed by atoms with E-state index in [0.717, 1.165) is 4.34 Å². The average molecular weight is 345 g/mol. The van der Waals surface area contributed by atoms with Gasteiger partial charge < -0.3 is 10.2 Å². The number of aliphatic hydroxyl groups excluding tert-OH is 1. The lowest BCUT2D eigenvalue weighted by molar-refractivity contribution is -0.156. The minimum atomic E-state index is -1.12. The second-order valence-electron chi connectivity index (χ2n) is 4.55. The molecular weight excluding hydrogens is 334 g/mol. The van der Waals surface area contributed by atoms with Gasteiger partial charge in [0.05, 0.1) is 12.0 Å². The highest BCUT2D eigenvalue weighted by Crippen LogP contribution is 2.51. The number of hydrogen-bond acceptors (Lipinski definition) is 8. The highest BCUT2D eigenvalue weighted by Gasteiger charge is 2.57. The third-order valence-corrected chi connectivity index (χ3v) is 6.68. The molecule has 1 amide bonds. The Labute approximate surface area is 132 Å². The Hall–Kier alpha value is -1.10. The molecule has 1 aromatic heterocycles. The molecule has 0 aliphatic carbocycles. The molecule has 1 unspecified atom stereocenters. The van der Waals surface area contributed by atoms with Crippen molar-refractivity contribution in [3.05, 3.63) is 16.1 Å². The number of amides is 1. The van der Waals surface area contributed by atoms with Crippen LogP contribution in [0.3, 0.4) is 0 Å². The smallest absolute Gasteiger partial charge is 0.353 e. The largest absolute Gasteiger partial charge is 0.477 e. The van der Waals surface area contributed by atoms with E-state index in [1.165, 1.54) is 39.8 Å². The Morgan fingerprint density at radius 2 is 2.38 bits per heavy atom. The second-order valence-corrected chi connectivity index (χ2v) is 7.82. The number of thioether (sulfide) groups is 2. The van der Waals surface area contributed by atoms with E-state index in [0.29, 0.717) is 10.7 Å². The van der Waals surface area contributed by atoms with Crippen LogP contribution in [0.15, 0.2) is 20.5 Å². The lowest BCUT2D eigenvalue weighted by atomic mass is 9.92. The van der Waals surface area contributed by atoms with Gasteiger partial charge in [0.25, 0.3) is 0 Å². The van der Waals surface area contributed by atoms with Crippen molar-refractivity contribution in [3.63, 3.8) is 0 Å². The van der Waals surface area contributed by atoms with Crippen LogP contribution in [0.1, 0.15) is 6.92 Å². The third-order valence-electron chi connectivity index (χ3n) is 3.24. The Kier molecular flexibility index (Phi) is 3.95. The van der Waals surface area contributed by atoms with E-state index in [-0.39, 0.29) is 17.0 Å². The molecule has 1 aromatic rings. The molecule has 3 atom stereocenters. The summed E-state index contributed by atoms with van der Waals surface area (Å²) < 4.78 is 0.750. The van der Waals surface area contributed by atoms with E-state index in [9.17, 15) is 19.8 Å². The standard InChI is InChI=1S/C11H11N3O4S3/c1-4(15)6-8(16)14-7(10(17)18)5(21-9(6)14)2-19-11-13-12-3-20-11/h3-4,6,9,15H,2H2,1H3,(H,17,18)/t4-,6?,9-/m1/s1. The van der Waals surface area contributed by atoms with Crippen LogP contribution < -0.4 is 0 Å². The molecule has 0 aromatic carbocycles. The first-order valence-electron chi connectivity index (χ1n) is 6.04. The molecule has 7 nitrogen and oxygen atoms in total. The maximum atomic E-state index is 12.0. The molecule has 10 heteroatoms. The zero-order valence-corrected chi connectivity index (χ0v) is 13.2. The molecule has 0 radical (unpaired) electrons. The summed E-state index contributed by atoms with van der Waals surface area (Å²) in [5.74, 6) is -1.55. The molecule has 2 N–H and O–H groups in total. The Morgan fingerprint density at radius 3 is 2.95 bits per heavy atom. The molecule has 0 bridgehead atoms. The summed E-state index contributed by atoms with van der Waals surface area (Å²) in [6.45, 7) is 1.55. The highest BCUT2D eigenvalue weighted by atomic mass is 32.2. The fraction of sp³-hybridized carbons (Fsp3) is 0.455. The summed E-state index contributed by atoms with van der Waals surface area (Å²) in [4.78, 5) is 25.3. The van der Waals surface area contributed by atoms with Crippen LogP contribution in [0.5, 0.6) is 0 Å². The number of aliphatic hydroxyl groups is 1. The molecule has 0 spiro atoms. The Balaban J connectivity index is 1.79. The van der Waals surface area contributed by atoms with Crippen molar-refractivity contribution >= 4 is 46.7 Å². The summed E-state index contributed by atoms with van der Waals surface area (Å²) in [6, 6.07) is 0. The van der Waals surface area contributed by atoms with Gasteiger partial charge in [-0.1, -0.05) is 23.1 Å². The quantitative estimate of drug-likeness (QED) is 0.598. The number of nitrogens with zero attached hydrogens (tertiary/aromatic N) is 3. The highest BCUT2D eigenvalue weighted by molar-refractivity contribution is 8.07. The molecular formula is C11H11N3O4S3. The van der Waals surface area contributed by atoms with Gasteiger partial charge in [-0.3, -0.25) is 9.69 Å². The van der Waals surface area contributed by atoms with Crippen LogP contribution in [0.25, 0.3) is 0 Å². The number of carboxylic acid groups (broad SMARTS) is 1. The lowest BCUT2D eigenvalue weighted by Gasteiger charge is -2.43. The van der Waals surface area contributed by atoms with Gasteiger partial charge in [-0.15, -0.1) is 22.0 Å². The van der Waals surface area contributed by atoms with Crippen molar-refractivity contribution < 1.29 is 19.8 Å². The number of carboxylic acids is 1. The molecule has 112 valence electrons. The first-order chi connectivity index (χ1) is 10.0. The third kappa shape index (κ3) is 2.45. The van der Waals surface area contributed by atoms with Crippen LogP contribution in [0.2, 0.25) is 0 Å². The van der Waals surface area contributed by atoms with Crippen molar-refractivity contribution in [2.24, 2.45) is 5.92 Å². The van der Waals surface area contributed by atoms with Crippen molar-refractivity contribution in [1.29, 1.82) is 0 Å². The zero-order chi connectivity index (χ0) is 15.1. The van der Waals surface area contributed by atoms with Gasteiger partial charge in [-0.25, -0.2) is 4.79 Å².